The molecule has 3 aliphatic rings. The summed E-state index contributed by atoms with van der Waals surface area (Å²) in [5.41, 5.74) is -0.297. The fraction of sp³-hybridized carbons (Fsp3) is 0.824. The summed E-state index contributed by atoms with van der Waals surface area (Å²) in [6.45, 7) is 7.83. The number of ether oxygens (including phenoxy) is 1. The van der Waals surface area contributed by atoms with Gasteiger partial charge in [0, 0.05) is 39.3 Å². The van der Waals surface area contributed by atoms with Crippen molar-refractivity contribution in [3.05, 3.63) is 0 Å². The Labute approximate surface area is 156 Å². The Morgan fingerprint density at radius 1 is 0.962 bits per heavy atom. The molecule has 8 nitrogen and oxygen atoms in total. The van der Waals surface area contributed by atoms with Gasteiger partial charge in [-0.3, -0.25) is 0 Å². The van der Waals surface area contributed by atoms with Crippen LogP contribution in [0.15, 0.2) is 5.16 Å². The van der Waals surface area contributed by atoms with Gasteiger partial charge in [0.25, 0.3) is 5.71 Å². The molecule has 26 heavy (non-hydrogen) atoms. The van der Waals surface area contributed by atoms with Gasteiger partial charge in [0.05, 0.1) is 6.61 Å². The molecule has 0 aliphatic carbocycles. The highest BCUT2D eigenvalue weighted by molar-refractivity contribution is 7.64. The summed E-state index contributed by atoms with van der Waals surface area (Å²) in [6.07, 6.45) is 6.91. The van der Waals surface area contributed by atoms with E-state index in [4.69, 9.17) is 9.36 Å². The number of hydrogen-bond donors (Lipinski definition) is 0. The van der Waals surface area contributed by atoms with Gasteiger partial charge in [-0.05, 0) is 50.6 Å². The first-order chi connectivity index (χ1) is 12.7. The van der Waals surface area contributed by atoms with Crippen molar-refractivity contribution in [2.24, 2.45) is 5.16 Å². The van der Waals surface area contributed by atoms with Gasteiger partial charge in [0.2, 0.25) is 0 Å². The van der Waals surface area contributed by atoms with Crippen LogP contribution in [0.3, 0.4) is 0 Å². The lowest BCUT2D eigenvalue weighted by Gasteiger charge is -2.38. The van der Waals surface area contributed by atoms with E-state index in [9.17, 15) is 10.1 Å². The highest BCUT2D eigenvalue weighted by atomic mass is 31.2. The van der Waals surface area contributed by atoms with Gasteiger partial charge in [-0.2, -0.15) is 9.89 Å². The number of carbonyl (C=O) groups excluding carboxylic acids is 1. The number of nitrogens with zero attached hydrogens (tertiary/aromatic N) is 5. The van der Waals surface area contributed by atoms with Crippen molar-refractivity contribution in [2.75, 3.05) is 45.9 Å². The Balaban J connectivity index is 1.92. The van der Waals surface area contributed by atoms with E-state index < -0.39 is 13.9 Å². The zero-order chi connectivity index (χ0) is 18.4. The second kappa shape index (κ2) is 9.09. The third-order valence-electron chi connectivity index (χ3n) is 5.17. The van der Waals surface area contributed by atoms with Crippen LogP contribution in [0.1, 0.15) is 45.4 Å². The molecule has 0 saturated carbocycles. The van der Waals surface area contributed by atoms with Gasteiger partial charge in [0.1, 0.15) is 6.07 Å². The van der Waals surface area contributed by atoms with E-state index in [-0.39, 0.29) is 12.3 Å². The Kier molecular flexibility index (Phi) is 6.82. The van der Waals surface area contributed by atoms with E-state index >= 15 is 0 Å². The summed E-state index contributed by atoms with van der Waals surface area (Å²) in [5.74, 6) is -0.711. The second-order valence-electron chi connectivity index (χ2n) is 6.85. The summed E-state index contributed by atoms with van der Waals surface area (Å²) in [6, 6.07) is 1.84. The first-order valence-electron chi connectivity index (χ1n) is 9.71. The summed E-state index contributed by atoms with van der Waals surface area (Å²) in [7, 11) is -2.31. The lowest BCUT2D eigenvalue weighted by Crippen LogP contribution is -2.43. The minimum absolute atomic E-state index is 0.212. The van der Waals surface area contributed by atoms with Gasteiger partial charge in [-0.15, -0.1) is 14.0 Å². The Bertz CT molecular complexity index is 520. The molecule has 0 unspecified atom stereocenters. The molecule has 3 heterocycles. The Hall–Kier alpha value is -1.26. The molecule has 3 rings (SSSR count). The summed E-state index contributed by atoms with van der Waals surface area (Å²) >= 11 is 0. The van der Waals surface area contributed by atoms with E-state index in [2.05, 4.69) is 19.2 Å². The molecule has 144 valence electrons. The van der Waals surface area contributed by atoms with Crippen LogP contribution < -0.4 is 0 Å². The summed E-state index contributed by atoms with van der Waals surface area (Å²) in [4.78, 5) is 12.0. The Morgan fingerprint density at radius 3 is 1.73 bits per heavy atom. The predicted octanol–water partition coefficient (Wildman–Crippen LogP) is 2.41. The molecular weight excluding hydrogens is 353 g/mol. The average Bonchev–Trinajstić information content (AvgIpc) is 3.43. The quantitative estimate of drug-likeness (QED) is 0.289. The van der Waals surface area contributed by atoms with Crippen molar-refractivity contribution in [2.45, 2.75) is 45.4 Å². The third-order valence-corrected chi connectivity index (χ3v) is 8.88. The number of nitriles is 1. The van der Waals surface area contributed by atoms with Crippen LogP contribution in [0.5, 0.6) is 0 Å². The lowest BCUT2D eigenvalue weighted by molar-refractivity contribution is -0.135. The van der Waals surface area contributed by atoms with Gasteiger partial charge in [-0.1, -0.05) is 0 Å². The molecule has 0 aromatic rings. The number of rotatable bonds is 7. The molecule has 0 aromatic heterocycles. The fourth-order valence-corrected chi connectivity index (χ4v) is 7.96. The highest BCUT2D eigenvalue weighted by Gasteiger charge is 2.63. The van der Waals surface area contributed by atoms with E-state index in [1.165, 1.54) is 0 Å². The van der Waals surface area contributed by atoms with Crippen molar-refractivity contribution in [3.63, 3.8) is 0 Å². The van der Waals surface area contributed by atoms with Crippen LogP contribution in [0.2, 0.25) is 0 Å². The summed E-state index contributed by atoms with van der Waals surface area (Å²) < 4.78 is 18.5. The average molecular weight is 382 g/mol. The lowest BCUT2D eigenvalue weighted by atomic mass is 10.4. The van der Waals surface area contributed by atoms with E-state index in [0.717, 1.165) is 77.8 Å². The molecule has 3 aliphatic heterocycles. The molecule has 0 N–H and O–H groups in total. The minimum atomic E-state index is -2.31. The number of carbonyl (C=O) groups is 1. The molecule has 0 radical (unpaired) electrons. The molecule has 0 atom stereocenters. The number of esters is 1. The summed E-state index contributed by atoms with van der Waals surface area (Å²) in [5, 5.41) is 13.4. The molecule has 0 bridgehead atoms. The zero-order valence-corrected chi connectivity index (χ0v) is 16.5. The topological polar surface area (TPSA) is 81.4 Å². The van der Waals surface area contributed by atoms with Crippen LogP contribution in [0.25, 0.3) is 0 Å². The smallest absolute Gasteiger partial charge is 0.451 e. The normalized spacial score (nSPS) is 23.3. The number of oxime groups is 1. The molecule has 0 aromatic carbocycles. The van der Waals surface area contributed by atoms with Gasteiger partial charge >= 0.3 is 13.9 Å². The maximum absolute atomic E-state index is 12.0. The maximum atomic E-state index is 12.0. The van der Waals surface area contributed by atoms with Crippen molar-refractivity contribution < 1.29 is 14.2 Å². The van der Waals surface area contributed by atoms with Gasteiger partial charge in [-0.25, -0.2) is 4.79 Å². The van der Waals surface area contributed by atoms with Crippen LogP contribution in [-0.2, 0) is 14.2 Å². The van der Waals surface area contributed by atoms with E-state index in [1.54, 1.807) is 6.92 Å². The molecule has 3 fully saturated rings. The fourth-order valence-electron chi connectivity index (χ4n) is 3.97. The van der Waals surface area contributed by atoms with E-state index in [1.807, 2.05) is 6.07 Å². The molecular formula is C17H29N5O3P+. The van der Waals surface area contributed by atoms with Gasteiger partial charge in [0.15, 0.2) is 0 Å². The second-order valence-corrected chi connectivity index (χ2v) is 9.74. The minimum Gasteiger partial charge on any atom is -0.461 e. The first kappa shape index (κ1) is 19.5. The molecule has 9 heteroatoms. The van der Waals surface area contributed by atoms with Crippen LogP contribution in [0.4, 0.5) is 0 Å². The van der Waals surface area contributed by atoms with E-state index in [0.29, 0.717) is 0 Å². The third kappa shape index (κ3) is 3.86. The monoisotopic (exact) mass is 382 g/mol. The van der Waals surface area contributed by atoms with Gasteiger partial charge < -0.3 is 4.74 Å². The van der Waals surface area contributed by atoms with Crippen molar-refractivity contribution in [3.8, 4) is 6.07 Å². The standard InChI is InChI=1S/C17H29N5O3P/c1-2-24-17(23)16(15-18)19-25-26(20-9-3-4-10-20,21-11-5-6-12-21)22-13-7-8-14-22/h2-14H2,1H3/q+1/b19-16-. The number of hydrogen-bond acceptors (Lipinski definition) is 8. The Morgan fingerprint density at radius 2 is 1.38 bits per heavy atom. The molecule has 0 amide bonds. The molecule has 0 spiro atoms. The van der Waals surface area contributed by atoms with Crippen molar-refractivity contribution in [1.29, 1.82) is 5.26 Å². The van der Waals surface area contributed by atoms with Crippen molar-refractivity contribution in [1.82, 2.24) is 14.0 Å². The zero-order valence-electron chi connectivity index (χ0n) is 15.6. The van der Waals surface area contributed by atoms with Crippen LogP contribution in [-0.4, -0.2) is 71.6 Å². The maximum Gasteiger partial charge on any atom is 0.451 e. The van der Waals surface area contributed by atoms with Crippen molar-refractivity contribution >= 4 is 19.6 Å². The first-order valence-corrected chi connectivity index (χ1v) is 11.3. The highest BCUT2D eigenvalue weighted by Crippen LogP contribution is 2.71. The van der Waals surface area contributed by atoms with Crippen LogP contribution >= 0.6 is 7.94 Å². The SMILES string of the molecule is CCOC(=O)/C(C#N)=N\O[P+](N1CCCC1)(N1CCCC1)N1CCCC1. The largest absolute Gasteiger partial charge is 0.461 e. The molecule has 3 saturated heterocycles. The predicted molar refractivity (Wildman–Crippen MR) is 100 cm³/mol. The van der Waals surface area contributed by atoms with Crippen LogP contribution in [0, 0.1) is 11.3 Å².